The number of esters is 8. The number of hydrogen-bond acceptors (Lipinski definition) is 20. The molecule has 2 spiro atoms. The van der Waals surface area contributed by atoms with Crippen LogP contribution in [0.3, 0.4) is 0 Å². The molecule has 63 heavy (non-hydrogen) atoms. The molecule has 0 amide bonds. The molecule has 20 heteroatoms. The van der Waals surface area contributed by atoms with Crippen LogP contribution >= 0.6 is 0 Å². The van der Waals surface area contributed by atoms with E-state index in [4.69, 9.17) is 47.4 Å². The smallest absolute Gasteiger partial charge is 0.348 e. The zero-order valence-corrected chi connectivity index (χ0v) is 34.7. The van der Waals surface area contributed by atoms with Crippen LogP contribution in [0.4, 0.5) is 0 Å². The van der Waals surface area contributed by atoms with Crippen LogP contribution in [0.2, 0.25) is 0 Å². The average molecular weight is 881 g/mol. The second kappa shape index (κ2) is 19.7. The molecule has 5 aliphatic rings. The Morgan fingerprint density at radius 2 is 0.952 bits per heavy atom. The number of rotatable bonds is 15. The number of carbonyl (C=O) groups excluding carboxylic acids is 8. The SMILES string of the molecule is CCOC(=O)CCC1(C)OC(=O)C(/C=C/C=C/C=C2C(=O)OC3(CCC4(CC3)OC(=O)C(=C/C=C/C=C/C3=C([O-])OC(CC)(CCC(=O)OCC)OC3=O)C(=O)O4)OC2=O)=C([O-])O1. The second-order valence-electron chi connectivity index (χ2n) is 14.4. The van der Waals surface area contributed by atoms with Crippen LogP contribution < -0.4 is 10.2 Å². The molecule has 2 atom stereocenters. The minimum absolute atomic E-state index is 0.0888. The van der Waals surface area contributed by atoms with E-state index in [9.17, 15) is 48.6 Å². The Balaban J connectivity index is 1.11. The molecular formula is C43H44O20-2. The van der Waals surface area contributed by atoms with Gasteiger partial charge in [0.1, 0.15) is 11.1 Å². The number of cyclic esters (lactones) is 2. The quantitative estimate of drug-likeness (QED) is 0.0748. The summed E-state index contributed by atoms with van der Waals surface area (Å²) in [6.45, 7) is 6.55. The molecule has 0 aromatic rings. The van der Waals surface area contributed by atoms with E-state index >= 15 is 0 Å². The molecule has 20 nitrogen and oxygen atoms in total. The van der Waals surface area contributed by atoms with Crippen molar-refractivity contribution in [2.24, 2.45) is 0 Å². The van der Waals surface area contributed by atoms with Crippen LogP contribution in [0.1, 0.15) is 85.5 Å². The minimum Gasteiger partial charge on any atom is -0.574 e. The van der Waals surface area contributed by atoms with Crippen molar-refractivity contribution < 1.29 is 95.9 Å². The summed E-state index contributed by atoms with van der Waals surface area (Å²) in [5.74, 6) is -15.8. The number of hydrogen-bond donors (Lipinski definition) is 0. The highest BCUT2D eigenvalue weighted by atomic mass is 16.8. The van der Waals surface area contributed by atoms with E-state index in [0.29, 0.717) is 0 Å². The molecule has 0 radical (unpaired) electrons. The van der Waals surface area contributed by atoms with E-state index in [2.05, 4.69) is 0 Å². The minimum atomic E-state index is -1.73. The number of carbonyl (C=O) groups is 8. The summed E-state index contributed by atoms with van der Waals surface area (Å²) in [5.41, 5.74) is -1.82. The van der Waals surface area contributed by atoms with Crippen LogP contribution in [0, 0.1) is 0 Å². The van der Waals surface area contributed by atoms with Crippen molar-refractivity contribution in [2.75, 3.05) is 13.2 Å². The summed E-state index contributed by atoms with van der Waals surface area (Å²) in [4.78, 5) is 100. The predicted molar refractivity (Wildman–Crippen MR) is 203 cm³/mol. The highest BCUT2D eigenvalue weighted by Gasteiger charge is 2.56. The molecule has 3 fully saturated rings. The van der Waals surface area contributed by atoms with Crippen LogP contribution in [-0.4, -0.2) is 84.1 Å². The van der Waals surface area contributed by atoms with Gasteiger partial charge in [-0.15, -0.1) is 0 Å². The van der Waals surface area contributed by atoms with Gasteiger partial charge in [-0.05, 0) is 51.5 Å². The average Bonchev–Trinajstić information content (AvgIpc) is 3.21. The summed E-state index contributed by atoms with van der Waals surface area (Å²) < 4.78 is 52.8. The van der Waals surface area contributed by atoms with Crippen LogP contribution in [0.5, 0.6) is 0 Å². The van der Waals surface area contributed by atoms with Crippen LogP contribution in [-0.2, 0) is 85.7 Å². The lowest BCUT2D eigenvalue weighted by Gasteiger charge is -2.45. The van der Waals surface area contributed by atoms with Crippen LogP contribution in [0.15, 0.2) is 94.9 Å². The predicted octanol–water partition coefficient (Wildman–Crippen LogP) is 2.03. The first kappa shape index (κ1) is 46.9. The summed E-state index contributed by atoms with van der Waals surface area (Å²) >= 11 is 0. The summed E-state index contributed by atoms with van der Waals surface area (Å²) in [5, 5.41) is 25.1. The van der Waals surface area contributed by atoms with Gasteiger partial charge in [-0.2, -0.15) is 0 Å². The van der Waals surface area contributed by atoms with Gasteiger partial charge < -0.3 is 57.6 Å². The van der Waals surface area contributed by atoms with E-state index in [1.54, 1.807) is 20.8 Å². The fourth-order valence-electron chi connectivity index (χ4n) is 6.58. The van der Waals surface area contributed by atoms with Crippen molar-refractivity contribution in [1.82, 2.24) is 0 Å². The maximum Gasteiger partial charge on any atom is 0.348 e. The molecule has 5 rings (SSSR count). The normalized spacial score (nSPS) is 27.6. The van der Waals surface area contributed by atoms with Crippen molar-refractivity contribution in [1.29, 1.82) is 0 Å². The van der Waals surface area contributed by atoms with Gasteiger partial charge in [0.15, 0.2) is 11.6 Å². The van der Waals surface area contributed by atoms with Crippen molar-refractivity contribution in [3.05, 3.63) is 94.9 Å². The highest BCUT2D eigenvalue weighted by molar-refractivity contribution is 6.16. The third kappa shape index (κ3) is 11.4. The zero-order chi connectivity index (χ0) is 46.0. The molecule has 0 aromatic heterocycles. The van der Waals surface area contributed by atoms with Crippen molar-refractivity contribution in [3.63, 3.8) is 0 Å². The molecule has 338 valence electrons. The highest BCUT2D eigenvalue weighted by Crippen LogP contribution is 2.45. The molecule has 0 N–H and O–H groups in total. The molecular weight excluding hydrogens is 836 g/mol. The maximum atomic E-state index is 12.9. The number of ether oxygens (including phenoxy) is 10. The standard InChI is InChI=1S/C43H46O20/c1-5-41(21-19-31(45)55-7-3)58-34(48)27(35(49)59-41)15-11-9-13-17-29-38(52)62-43(63-39(29)53)24-22-42(23-25-43)60-36(50)28(37(51)61-42)16-12-8-10-14-26-32(46)56-40(4,57-33(26)47)20-18-30(44)54-6-2/h8-17,46,48H,5-7,18-25H2,1-4H3/p-2/b12-8+,13-9+,14-10+,15-11+,28-16?,29-17?. The summed E-state index contributed by atoms with van der Waals surface area (Å²) in [6, 6.07) is 0. The Morgan fingerprint density at radius 3 is 1.35 bits per heavy atom. The third-order valence-electron chi connectivity index (χ3n) is 9.96. The Labute approximate surface area is 360 Å². The van der Waals surface area contributed by atoms with Gasteiger partial charge in [0.2, 0.25) is 0 Å². The van der Waals surface area contributed by atoms with Gasteiger partial charge in [-0.25, -0.2) is 28.8 Å². The van der Waals surface area contributed by atoms with E-state index in [-0.39, 0.29) is 71.0 Å². The van der Waals surface area contributed by atoms with E-state index in [0.717, 1.165) is 24.3 Å². The number of allylic oxidation sites excluding steroid dienone is 8. The lowest BCUT2D eigenvalue weighted by molar-refractivity contribution is -0.400. The first-order valence-electron chi connectivity index (χ1n) is 19.9. The van der Waals surface area contributed by atoms with Gasteiger partial charge in [0.25, 0.3) is 11.6 Å². The van der Waals surface area contributed by atoms with Crippen molar-refractivity contribution >= 4 is 47.8 Å². The lowest BCUT2D eigenvalue weighted by Crippen LogP contribution is -2.56. The zero-order valence-electron chi connectivity index (χ0n) is 34.7. The maximum absolute atomic E-state index is 12.9. The Kier molecular flexibility index (Phi) is 14.7. The molecule has 4 heterocycles. The molecule has 0 bridgehead atoms. The molecule has 1 aliphatic carbocycles. The fraction of sp³-hybridized carbons (Fsp3) is 0.442. The largest absolute Gasteiger partial charge is 0.574 e. The molecule has 0 aromatic carbocycles. The van der Waals surface area contributed by atoms with Gasteiger partial charge >= 0.3 is 47.8 Å². The Morgan fingerprint density at radius 1 is 0.540 bits per heavy atom. The summed E-state index contributed by atoms with van der Waals surface area (Å²) in [7, 11) is 0. The topological polar surface area (TPSA) is 275 Å². The van der Waals surface area contributed by atoms with E-state index in [1.165, 1.54) is 43.4 Å². The first-order chi connectivity index (χ1) is 29.9. The Hall–Kier alpha value is -7.12. The third-order valence-corrected chi connectivity index (χ3v) is 9.96. The summed E-state index contributed by atoms with van der Waals surface area (Å²) in [6.07, 6.45) is 10.9. The van der Waals surface area contributed by atoms with Crippen LogP contribution in [0.25, 0.3) is 0 Å². The molecule has 2 unspecified atom stereocenters. The van der Waals surface area contributed by atoms with Crippen molar-refractivity contribution in [3.8, 4) is 0 Å². The van der Waals surface area contributed by atoms with E-state index in [1.807, 2.05) is 0 Å². The van der Waals surface area contributed by atoms with E-state index < -0.39 is 105 Å². The van der Waals surface area contributed by atoms with Gasteiger partial charge in [-0.3, -0.25) is 9.59 Å². The lowest BCUT2D eigenvalue weighted by atomic mass is 9.87. The molecule has 1 saturated carbocycles. The fourth-order valence-corrected chi connectivity index (χ4v) is 6.58. The van der Waals surface area contributed by atoms with Gasteiger partial charge in [0, 0.05) is 38.5 Å². The molecule has 4 aliphatic heterocycles. The second-order valence-corrected chi connectivity index (χ2v) is 14.4. The van der Waals surface area contributed by atoms with Gasteiger partial charge in [0.05, 0.1) is 49.1 Å². The monoisotopic (exact) mass is 880 g/mol. The van der Waals surface area contributed by atoms with Crippen molar-refractivity contribution in [2.45, 2.75) is 109 Å². The van der Waals surface area contributed by atoms with Gasteiger partial charge in [-0.1, -0.05) is 43.4 Å². The Bertz CT molecular complexity index is 2110. The first-order valence-corrected chi connectivity index (χ1v) is 19.9. The molecule has 2 saturated heterocycles.